The van der Waals surface area contributed by atoms with E-state index in [0.29, 0.717) is 6.04 Å². The van der Waals surface area contributed by atoms with Gasteiger partial charge in [0.25, 0.3) is 0 Å². The molecule has 2 nitrogen and oxygen atoms in total. The molecule has 19 heavy (non-hydrogen) atoms. The lowest BCUT2D eigenvalue weighted by Gasteiger charge is -2.28. The fourth-order valence-electron chi connectivity index (χ4n) is 2.86. The Bertz CT molecular complexity index is 420. The van der Waals surface area contributed by atoms with Gasteiger partial charge in [-0.25, -0.2) is 0 Å². The maximum Gasteiger partial charge on any atom is 0.0424 e. The number of hydrogen-bond acceptors (Lipinski definition) is 2. The van der Waals surface area contributed by atoms with E-state index in [4.69, 9.17) is 23.2 Å². The summed E-state index contributed by atoms with van der Waals surface area (Å²) in [5, 5.41) is 4.93. The first-order valence-electron chi connectivity index (χ1n) is 7.10. The Labute approximate surface area is 125 Å². The number of halogens is 2. The minimum absolute atomic E-state index is 0.665. The fraction of sp³-hybridized carbons (Fsp3) is 0.600. The van der Waals surface area contributed by atoms with Gasteiger partial charge in [-0.05, 0) is 55.5 Å². The van der Waals surface area contributed by atoms with Gasteiger partial charge in [-0.15, -0.1) is 0 Å². The molecule has 1 aromatic rings. The average Bonchev–Trinajstić information content (AvgIpc) is 2.99. The average molecular weight is 299 g/mol. The van der Waals surface area contributed by atoms with Gasteiger partial charge in [-0.3, -0.25) is 4.90 Å². The Morgan fingerprint density at radius 2 is 1.84 bits per heavy atom. The molecule has 0 unspecified atom stereocenters. The molecule has 1 aliphatic carbocycles. The predicted molar refractivity (Wildman–Crippen MR) is 80.9 cm³/mol. The predicted octanol–water partition coefficient (Wildman–Crippen LogP) is 3.57. The van der Waals surface area contributed by atoms with E-state index in [-0.39, 0.29) is 0 Å². The SMILES string of the molecule is Clc1cc(Cl)cc(CN(CC2CC2)[C@H]2CCNC2)c1. The molecule has 3 rings (SSSR count). The highest BCUT2D eigenvalue weighted by Gasteiger charge is 2.29. The molecule has 4 heteroatoms. The normalized spacial score (nSPS) is 23.2. The highest BCUT2D eigenvalue weighted by molar-refractivity contribution is 6.34. The van der Waals surface area contributed by atoms with Crippen LogP contribution in [-0.4, -0.2) is 30.6 Å². The molecule has 104 valence electrons. The zero-order valence-corrected chi connectivity index (χ0v) is 12.6. The van der Waals surface area contributed by atoms with Crippen LogP contribution < -0.4 is 5.32 Å². The van der Waals surface area contributed by atoms with Gasteiger partial charge in [0.15, 0.2) is 0 Å². The zero-order chi connectivity index (χ0) is 13.2. The molecule has 1 saturated heterocycles. The van der Waals surface area contributed by atoms with Crippen molar-refractivity contribution >= 4 is 23.2 Å². The first-order chi connectivity index (χ1) is 9.20. The van der Waals surface area contributed by atoms with Gasteiger partial charge in [0.2, 0.25) is 0 Å². The van der Waals surface area contributed by atoms with Gasteiger partial charge >= 0.3 is 0 Å². The van der Waals surface area contributed by atoms with Crippen LogP contribution in [0.3, 0.4) is 0 Å². The molecule has 0 radical (unpaired) electrons. The van der Waals surface area contributed by atoms with Crippen molar-refractivity contribution < 1.29 is 0 Å². The van der Waals surface area contributed by atoms with E-state index in [1.165, 1.54) is 31.4 Å². The third-order valence-electron chi connectivity index (χ3n) is 4.05. The third-order valence-corrected chi connectivity index (χ3v) is 4.48. The Balaban J connectivity index is 1.71. The van der Waals surface area contributed by atoms with Crippen LogP contribution in [0.1, 0.15) is 24.8 Å². The molecule has 1 aliphatic heterocycles. The van der Waals surface area contributed by atoms with Crippen LogP contribution >= 0.6 is 23.2 Å². The van der Waals surface area contributed by atoms with Crippen molar-refractivity contribution in [3.8, 4) is 0 Å². The lowest BCUT2D eigenvalue weighted by molar-refractivity contribution is 0.190. The second kappa shape index (κ2) is 6.01. The van der Waals surface area contributed by atoms with E-state index in [2.05, 4.69) is 10.2 Å². The molecule has 0 bridgehead atoms. The van der Waals surface area contributed by atoms with E-state index in [0.717, 1.165) is 35.6 Å². The van der Waals surface area contributed by atoms with Crippen LogP contribution in [0.2, 0.25) is 10.0 Å². The van der Waals surface area contributed by atoms with E-state index >= 15 is 0 Å². The van der Waals surface area contributed by atoms with Crippen LogP contribution in [0.15, 0.2) is 18.2 Å². The number of nitrogens with zero attached hydrogens (tertiary/aromatic N) is 1. The number of hydrogen-bond donors (Lipinski definition) is 1. The Hall–Kier alpha value is -0.280. The van der Waals surface area contributed by atoms with Gasteiger partial charge in [-0.2, -0.15) is 0 Å². The van der Waals surface area contributed by atoms with Crippen molar-refractivity contribution in [2.24, 2.45) is 5.92 Å². The summed E-state index contributed by atoms with van der Waals surface area (Å²) in [5.41, 5.74) is 1.23. The number of rotatable bonds is 5. The standard InChI is InChI=1S/C15H20Cl2N2/c16-13-5-12(6-14(17)7-13)10-19(9-11-1-2-11)15-3-4-18-8-15/h5-7,11,15,18H,1-4,8-10H2/t15-/m0/s1. The van der Waals surface area contributed by atoms with E-state index in [1.54, 1.807) is 6.07 Å². The minimum Gasteiger partial charge on any atom is -0.315 e. The molecule has 0 spiro atoms. The molecule has 2 aliphatic rings. The monoisotopic (exact) mass is 298 g/mol. The molecule has 2 fully saturated rings. The van der Waals surface area contributed by atoms with Crippen molar-refractivity contribution in [3.63, 3.8) is 0 Å². The molecule has 1 N–H and O–H groups in total. The minimum atomic E-state index is 0.665. The van der Waals surface area contributed by atoms with Crippen molar-refractivity contribution in [2.45, 2.75) is 31.8 Å². The Morgan fingerprint density at radius 1 is 1.11 bits per heavy atom. The summed E-state index contributed by atoms with van der Waals surface area (Å²) >= 11 is 12.2. The number of nitrogens with one attached hydrogen (secondary N) is 1. The van der Waals surface area contributed by atoms with E-state index in [1.807, 2.05) is 12.1 Å². The van der Waals surface area contributed by atoms with Crippen molar-refractivity contribution in [2.75, 3.05) is 19.6 Å². The summed E-state index contributed by atoms with van der Waals surface area (Å²) in [6.45, 7) is 4.43. The second-order valence-corrected chi connectivity index (χ2v) is 6.67. The Morgan fingerprint density at radius 3 is 2.42 bits per heavy atom. The summed E-state index contributed by atoms with van der Waals surface area (Å²) in [4.78, 5) is 2.61. The summed E-state index contributed by atoms with van der Waals surface area (Å²) in [5.74, 6) is 0.912. The van der Waals surface area contributed by atoms with Crippen molar-refractivity contribution in [1.29, 1.82) is 0 Å². The largest absolute Gasteiger partial charge is 0.315 e. The summed E-state index contributed by atoms with van der Waals surface area (Å²) in [7, 11) is 0. The summed E-state index contributed by atoms with van der Waals surface area (Å²) in [6, 6.07) is 6.54. The van der Waals surface area contributed by atoms with Crippen LogP contribution in [-0.2, 0) is 6.54 Å². The smallest absolute Gasteiger partial charge is 0.0424 e. The Kier molecular flexibility index (Phi) is 4.33. The van der Waals surface area contributed by atoms with Crippen LogP contribution in [0.25, 0.3) is 0 Å². The molecular formula is C15H20Cl2N2. The van der Waals surface area contributed by atoms with E-state index in [9.17, 15) is 0 Å². The molecule has 1 atom stereocenters. The van der Waals surface area contributed by atoms with Gasteiger partial charge in [0.05, 0.1) is 0 Å². The molecular weight excluding hydrogens is 279 g/mol. The third kappa shape index (κ3) is 3.85. The molecule has 0 amide bonds. The lowest BCUT2D eigenvalue weighted by Crippen LogP contribution is -2.37. The quantitative estimate of drug-likeness (QED) is 0.894. The topological polar surface area (TPSA) is 15.3 Å². The lowest BCUT2D eigenvalue weighted by atomic mass is 10.1. The molecule has 1 aromatic carbocycles. The molecule has 1 saturated carbocycles. The van der Waals surface area contributed by atoms with Crippen molar-refractivity contribution in [3.05, 3.63) is 33.8 Å². The van der Waals surface area contributed by atoms with Gasteiger partial charge in [0, 0.05) is 35.7 Å². The van der Waals surface area contributed by atoms with Crippen LogP contribution in [0.4, 0.5) is 0 Å². The maximum atomic E-state index is 6.10. The second-order valence-electron chi connectivity index (χ2n) is 5.80. The highest BCUT2D eigenvalue weighted by Crippen LogP contribution is 2.32. The van der Waals surface area contributed by atoms with Crippen molar-refractivity contribution in [1.82, 2.24) is 10.2 Å². The van der Waals surface area contributed by atoms with Gasteiger partial charge in [0.1, 0.15) is 0 Å². The first kappa shape index (κ1) is 13.7. The van der Waals surface area contributed by atoms with E-state index < -0.39 is 0 Å². The summed E-state index contributed by atoms with van der Waals surface area (Å²) in [6.07, 6.45) is 4.04. The number of benzene rings is 1. The fourth-order valence-corrected chi connectivity index (χ4v) is 3.43. The molecule has 1 heterocycles. The van der Waals surface area contributed by atoms with Crippen LogP contribution in [0.5, 0.6) is 0 Å². The summed E-state index contributed by atoms with van der Waals surface area (Å²) < 4.78 is 0. The zero-order valence-electron chi connectivity index (χ0n) is 11.0. The molecule has 0 aromatic heterocycles. The van der Waals surface area contributed by atoms with Crippen LogP contribution in [0, 0.1) is 5.92 Å². The van der Waals surface area contributed by atoms with Gasteiger partial charge < -0.3 is 5.32 Å². The van der Waals surface area contributed by atoms with Gasteiger partial charge in [-0.1, -0.05) is 23.2 Å². The first-order valence-corrected chi connectivity index (χ1v) is 7.86. The maximum absolute atomic E-state index is 6.10. The highest BCUT2D eigenvalue weighted by atomic mass is 35.5.